The highest BCUT2D eigenvalue weighted by molar-refractivity contribution is 5.65. The quantitative estimate of drug-likeness (QED) is 0.468. The average molecular weight is 421 g/mol. The summed E-state index contributed by atoms with van der Waals surface area (Å²) in [5, 5.41) is 7.76. The monoisotopic (exact) mass is 421 g/mol. The van der Waals surface area contributed by atoms with E-state index in [1.807, 2.05) is 0 Å². The molecule has 5 rings (SSSR count). The summed E-state index contributed by atoms with van der Waals surface area (Å²) in [6.07, 6.45) is 1.62. The molecule has 0 atom stereocenters. The van der Waals surface area contributed by atoms with E-state index >= 15 is 0 Å². The molecule has 0 aliphatic carbocycles. The number of nitrogens with zero attached hydrogens (tertiary/aromatic N) is 4. The third kappa shape index (κ3) is 3.33. The molecule has 0 unspecified atom stereocenters. The molecule has 1 N–H and O–H groups in total. The molecular formula is C21H13F2N5O3. The van der Waals surface area contributed by atoms with Gasteiger partial charge in [-0.15, -0.1) is 0 Å². The summed E-state index contributed by atoms with van der Waals surface area (Å²) in [5.41, 5.74) is 1.83. The van der Waals surface area contributed by atoms with Gasteiger partial charge in [-0.1, -0.05) is 22.4 Å². The van der Waals surface area contributed by atoms with Crippen molar-refractivity contribution < 1.29 is 17.8 Å². The van der Waals surface area contributed by atoms with Crippen LogP contribution in [0.3, 0.4) is 0 Å². The molecule has 3 aromatic heterocycles. The van der Waals surface area contributed by atoms with Crippen molar-refractivity contribution in [2.75, 3.05) is 0 Å². The number of halogens is 2. The molecule has 0 amide bonds. The van der Waals surface area contributed by atoms with Gasteiger partial charge in [-0.2, -0.15) is 4.98 Å². The van der Waals surface area contributed by atoms with E-state index in [0.717, 1.165) is 23.9 Å². The Hall–Kier alpha value is -4.34. The van der Waals surface area contributed by atoms with E-state index in [1.165, 1.54) is 10.6 Å². The van der Waals surface area contributed by atoms with Gasteiger partial charge in [0.2, 0.25) is 5.82 Å². The molecule has 0 aliphatic heterocycles. The first-order valence-electron chi connectivity index (χ1n) is 9.13. The molecule has 0 radical (unpaired) electrons. The first kappa shape index (κ1) is 18.7. The Morgan fingerprint density at radius 3 is 2.71 bits per heavy atom. The van der Waals surface area contributed by atoms with Gasteiger partial charge in [-0.3, -0.25) is 4.57 Å². The number of hydrogen-bond donors (Lipinski definition) is 1. The average Bonchev–Trinajstić information content (AvgIpc) is 3.50. The Kier molecular flexibility index (Phi) is 4.32. The highest BCUT2D eigenvalue weighted by atomic mass is 19.1. The van der Waals surface area contributed by atoms with Gasteiger partial charge in [0.25, 0.3) is 5.89 Å². The lowest BCUT2D eigenvalue weighted by Crippen LogP contribution is -2.15. The van der Waals surface area contributed by atoms with Crippen molar-refractivity contribution in [2.45, 2.75) is 6.92 Å². The number of aromatic amines is 1. The highest BCUT2D eigenvalue weighted by Crippen LogP contribution is 2.29. The van der Waals surface area contributed by atoms with Crippen molar-refractivity contribution in [2.24, 2.45) is 0 Å². The van der Waals surface area contributed by atoms with E-state index in [4.69, 9.17) is 9.05 Å². The minimum absolute atomic E-state index is 0.0241. The molecule has 0 saturated heterocycles. The number of aromatic nitrogens is 5. The Bertz CT molecular complexity index is 1460. The zero-order valence-corrected chi connectivity index (χ0v) is 16.0. The van der Waals surface area contributed by atoms with Crippen LogP contribution in [0.15, 0.2) is 68.6 Å². The van der Waals surface area contributed by atoms with Crippen LogP contribution in [0.5, 0.6) is 0 Å². The van der Waals surface area contributed by atoms with E-state index in [1.54, 1.807) is 37.4 Å². The summed E-state index contributed by atoms with van der Waals surface area (Å²) in [4.78, 5) is 19.0. The second kappa shape index (κ2) is 7.17. The number of benzene rings is 2. The van der Waals surface area contributed by atoms with Crippen LogP contribution in [0.4, 0.5) is 8.78 Å². The van der Waals surface area contributed by atoms with Gasteiger partial charge in [-0.25, -0.2) is 13.6 Å². The van der Waals surface area contributed by atoms with E-state index in [0.29, 0.717) is 11.3 Å². The van der Waals surface area contributed by atoms with Crippen LogP contribution in [-0.2, 0) is 0 Å². The predicted molar refractivity (Wildman–Crippen MR) is 105 cm³/mol. The number of imidazole rings is 1. The Balaban J connectivity index is 1.48. The molecule has 0 spiro atoms. The van der Waals surface area contributed by atoms with Gasteiger partial charge in [0.1, 0.15) is 11.6 Å². The van der Waals surface area contributed by atoms with Gasteiger partial charge < -0.3 is 14.0 Å². The van der Waals surface area contributed by atoms with Crippen molar-refractivity contribution in [3.63, 3.8) is 0 Å². The van der Waals surface area contributed by atoms with Crippen LogP contribution >= 0.6 is 0 Å². The Morgan fingerprint density at radius 2 is 1.90 bits per heavy atom. The van der Waals surface area contributed by atoms with Gasteiger partial charge in [-0.05, 0) is 37.3 Å². The summed E-state index contributed by atoms with van der Waals surface area (Å²) in [6.45, 7) is 1.81. The predicted octanol–water partition coefficient (Wildman–Crippen LogP) is 4.12. The van der Waals surface area contributed by atoms with Crippen LogP contribution < -0.4 is 5.69 Å². The standard InChI is InChI=1S/C21H13F2N5O3/c1-11-10-24-21(29)28(11)14-4-2-3-12(7-14)19-25-20(31-27-19)17-9-18(30-26-17)15-8-13(22)5-6-16(15)23/h2-10H,1H3,(H,24,29). The van der Waals surface area contributed by atoms with E-state index in [-0.39, 0.29) is 34.4 Å². The zero-order valence-electron chi connectivity index (χ0n) is 16.0. The van der Waals surface area contributed by atoms with Crippen molar-refractivity contribution in [3.05, 3.63) is 82.5 Å². The maximum atomic E-state index is 14.0. The van der Waals surface area contributed by atoms with E-state index < -0.39 is 11.6 Å². The molecule has 3 heterocycles. The fourth-order valence-corrected chi connectivity index (χ4v) is 3.19. The third-order valence-electron chi connectivity index (χ3n) is 4.67. The minimum Gasteiger partial charge on any atom is -0.355 e. The van der Waals surface area contributed by atoms with Crippen molar-refractivity contribution in [3.8, 4) is 40.0 Å². The molecular weight excluding hydrogens is 408 g/mol. The van der Waals surface area contributed by atoms with Gasteiger partial charge in [0.15, 0.2) is 11.5 Å². The molecule has 0 aliphatic rings. The molecule has 5 aromatic rings. The van der Waals surface area contributed by atoms with Crippen LogP contribution in [0, 0.1) is 18.6 Å². The third-order valence-corrected chi connectivity index (χ3v) is 4.67. The second-order valence-corrected chi connectivity index (χ2v) is 6.74. The molecule has 31 heavy (non-hydrogen) atoms. The fraction of sp³-hybridized carbons (Fsp3) is 0.0476. The maximum absolute atomic E-state index is 14.0. The minimum atomic E-state index is -0.651. The van der Waals surface area contributed by atoms with E-state index in [2.05, 4.69) is 20.3 Å². The van der Waals surface area contributed by atoms with Gasteiger partial charge >= 0.3 is 5.69 Å². The normalized spacial score (nSPS) is 11.2. The van der Waals surface area contributed by atoms with Crippen molar-refractivity contribution in [1.29, 1.82) is 0 Å². The molecule has 154 valence electrons. The number of nitrogens with one attached hydrogen (secondary N) is 1. The van der Waals surface area contributed by atoms with Crippen LogP contribution in [0.2, 0.25) is 0 Å². The molecule has 10 heteroatoms. The SMILES string of the molecule is Cc1c[nH]c(=O)n1-c1cccc(-c2noc(-c3cc(-c4cc(F)ccc4F)on3)n2)c1. The lowest BCUT2D eigenvalue weighted by Gasteiger charge is -2.04. The molecule has 8 nitrogen and oxygen atoms in total. The van der Waals surface area contributed by atoms with Crippen molar-refractivity contribution >= 4 is 0 Å². The van der Waals surface area contributed by atoms with Crippen molar-refractivity contribution in [1.82, 2.24) is 24.8 Å². The number of rotatable bonds is 4. The summed E-state index contributed by atoms with van der Waals surface area (Å²) in [6, 6.07) is 11.5. The highest BCUT2D eigenvalue weighted by Gasteiger charge is 2.18. The van der Waals surface area contributed by atoms with Crippen LogP contribution in [0.1, 0.15) is 5.69 Å². The molecule has 0 bridgehead atoms. The Labute approximate surface area is 172 Å². The first-order valence-corrected chi connectivity index (χ1v) is 9.13. The lowest BCUT2D eigenvalue weighted by atomic mass is 10.1. The first-order chi connectivity index (χ1) is 15.0. The molecule has 0 saturated carbocycles. The zero-order chi connectivity index (χ0) is 21.5. The van der Waals surface area contributed by atoms with Gasteiger partial charge in [0, 0.05) is 23.5 Å². The summed E-state index contributed by atoms with van der Waals surface area (Å²) >= 11 is 0. The van der Waals surface area contributed by atoms with Crippen LogP contribution in [-0.4, -0.2) is 24.8 Å². The number of hydrogen-bond acceptors (Lipinski definition) is 6. The molecule has 0 fully saturated rings. The lowest BCUT2D eigenvalue weighted by molar-refractivity contribution is 0.410. The number of aryl methyl sites for hydroxylation is 1. The Morgan fingerprint density at radius 1 is 1.03 bits per heavy atom. The van der Waals surface area contributed by atoms with Gasteiger partial charge in [0.05, 0.1) is 11.3 Å². The summed E-state index contributed by atoms with van der Waals surface area (Å²) in [7, 11) is 0. The summed E-state index contributed by atoms with van der Waals surface area (Å²) in [5.74, 6) is -0.925. The maximum Gasteiger partial charge on any atom is 0.330 e. The number of H-pyrrole nitrogens is 1. The largest absolute Gasteiger partial charge is 0.355 e. The summed E-state index contributed by atoms with van der Waals surface area (Å²) < 4.78 is 39.3. The second-order valence-electron chi connectivity index (χ2n) is 6.74. The van der Waals surface area contributed by atoms with Crippen LogP contribution in [0.25, 0.3) is 40.0 Å². The van der Waals surface area contributed by atoms with E-state index in [9.17, 15) is 13.6 Å². The molecule has 2 aromatic carbocycles. The topological polar surface area (TPSA) is 103 Å². The fourth-order valence-electron chi connectivity index (χ4n) is 3.19. The smallest absolute Gasteiger partial charge is 0.330 e.